The van der Waals surface area contributed by atoms with Crippen LogP contribution in [0.2, 0.25) is 4.34 Å². The molecular weight excluding hydrogens is 279 g/mol. The maximum atomic E-state index is 5.87. The van der Waals surface area contributed by atoms with Gasteiger partial charge in [-0.1, -0.05) is 17.2 Å². The van der Waals surface area contributed by atoms with E-state index in [4.69, 9.17) is 23.2 Å². The number of thiophene rings is 1. The monoisotopic (exact) mass is 284 g/mol. The third kappa shape index (κ3) is 2.77. The van der Waals surface area contributed by atoms with Gasteiger partial charge in [0.1, 0.15) is 4.34 Å². The van der Waals surface area contributed by atoms with Gasteiger partial charge in [0.05, 0.1) is 0 Å². The molecule has 0 N–H and O–H groups in total. The van der Waals surface area contributed by atoms with Gasteiger partial charge in [-0.25, -0.2) is 0 Å². The second-order valence-corrected chi connectivity index (χ2v) is 5.20. The van der Waals surface area contributed by atoms with Crippen LogP contribution < -0.4 is 0 Å². The molecule has 0 amide bonds. The number of hydrogen-bond donors (Lipinski definition) is 0. The van der Waals surface area contributed by atoms with Crippen LogP contribution in [0.5, 0.6) is 0 Å². The van der Waals surface area contributed by atoms with Crippen molar-refractivity contribution in [3.63, 3.8) is 0 Å². The molecule has 1 aromatic heterocycles. The Morgan fingerprint density at radius 1 is 1.75 bits per heavy atom. The SMILES string of the molecule is CC(=Cc1cc(Br)c(Cl)s1)CCl. The van der Waals surface area contributed by atoms with Crippen LogP contribution in [0.15, 0.2) is 16.1 Å². The Labute approximate surface area is 94.3 Å². The number of hydrogen-bond acceptors (Lipinski definition) is 1. The van der Waals surface area contributed by atoms with Gasteiger partial charge >= 0.3 is 0 Å². The zero-order valence-corrected chi connectivity index (χ0v) is 10.3. The minimum absolute atomic E-state index is 0.563. The molecule has 66 valence electrons. The molecule has 0 saturated carbocycles. The fourth-order valence-corrected chi connectivity index (χ4v) is 2.56. The molecule has 0 radical (unpaired) electrons. The third-order valence-corrected chi connectivity index (χ3v) is 4.11. The van der Waals surface area contributed by atoms with Gasteiger partial charge in [0, 0.05) is 15.2 Å². The summed E-state index contributed by atoms with van der Waals surface area (Å²) in [6.45, 7) is 1.99. The number of alkyl halides is 1. The molecule has 0 aliphatic heterocycles. The average molecular weight is 286 g/mol. The highest BCUT2D eigenvalue weighted by molar-refractivity contribution is 9.10. The quantitative estimate of drug-likeness (QED) is 0.685. The summed E-state index contributed by atoms with van der Waals surface area (Å²) in [4.78, 5) is 1.13. The van der Waals surface area contributed by atoms with E-state index in [1.807, 2.05) is 19.1 Å². The van der Waals surface area contributed by atoms with Crippen molar-refractivity contribution in [1.82, 2.24) is 0 Å². The van der Waals surface area contributed by atoms with E-state index in [0.717, 1.165) is 19.3 Å². The first-order valence-corrected chi connectivity index (χ1v) is 5.83. The van der Waals surface area contributed by atoms with Crippen molar-refractivity contribution in [2.45, 2.75) is 6.92 Å². The summed E-state index contributed by atoms with van der Waals surface area (Å²) in [5.74, 6) is 0.563. The number of halogens is 3. The molecule has 0 aromatic carbocycles. The van der Waals surface area contributed by atoms with Crippen LogP contribution in [0.3, 0.4) is 0 Å². The number of allylic oxidation sites excluding steroid dienone is 1. The molecule has 0 aliphatic carbocycles. The fraction of sp³-hybridized carbons (Fsp3) is 0.250. The van der Waals surface area contributed by atoms with Crippen LogP contribution in [0.25, 0.3) is 6.08 Å². The highest BCUT2D eigenvalue weighted by Crippen LogP contribution is 2.33. The van der Waals surface area contributed by atoms with Crippen LogP contribution in [0.1, 0.15) is 11.8 Å². The summed E-state index contributed by atoms with van der Waals surface area (Å²) in [6, 6.07) is 1.99. The van der Waals surface area contributed by atoms with Crippen molar-refractivity contribution in [3.8, 4) is 0 Å². The smallest absolute Gasteiger partial charge is 0.108 e. The normalized spacial score (nSPS) is 12.2. The van der Waals surface area contributed by atoms with E-state index in [2.05, 4.69) is 15.9 Å². The predicted molar refractivity (Wildman–Crippen MR) is 61.4 cm³/mol. The van der Waals surface area contributed by atoms with Gasteiger partial charge in [-0.3, -0.25) is 0 Å². The van der Waals surface area contributed by atoms with E-state index in [9.17, 15) is 0 Å². The molecule has 0 fully saturated rings. The van der Waals surface area contributed by atoms with E-state index in [1.165, 1.54) is 0 Å². The molecule has 4 heteroatoms. The molecule has 0 aliphatic rings. The van der Waals surface area contributed by atoms with Gasteiger partial charge in [0.2, 0.25) is 0 Å². The van der Waals surface area contributed by atoms with Crippen molar-refractivity contribution >= 4 is 56.5 Å². The summed E-state index contributed by atoms with van der Waals surface area (Å²) in [5, 5.41) is 0. The van der Waals surface area contributed by atoms with Gasteiger partial charge < -0.3 is 0 Å². The second kappa shape index (κ2) is 4.66. The van der Waals surface area contributed by atoms with Crippen molar-refractivity contribution in [2.24, 2.45) is 0 Å². The molecule has 12 heavy (non-hydrogen) atoms. The van der Waals surface area contributed by atoms with Crippen molar-refractivity contribution in [3.05, 3.63) is 25.3 Å². The molecule has 1 heterocycles. The molecule has 1 aromatic rings. The van der Waals surface area contributed by atoms with E-state index in [-0.39, 0.29) is 0 Å². The molecule has 0 nitrogen and oxygen atoms in total. The second-order valence-electron chi connectivity index (χ2n) is 2.39. The van der Waals surface area contributed by atoms with Gasteiger partial charge in [-0.15, -0.1) is 22.9 Å². The molecular formula is C8H7BrCl2S. The predicted octanol–water partition coefficient (Wildman–Crippen LogP) is 4.81. The summed E-state index contributed by atoms with van der Waals surface area (Å²) in [5.41, 5.74) is 1.14. The Morgan fingerprint density at radius 3 is 2.83 bits per heavy atom. The Kier molecular flexibility index (Phi) is 4.11. The lowest BCUT2D eigenvalue weighted by atomic mass is 10.3. The van der Waals surface area contributed by atoms with E-state index in [0.29, 0.717) is 5.88 Å². The molecule has 0 spiro atoms. The Morgan fingerprint density at radius 2 is 2.42 bits per heavy atom. The van der Waals surface area contributed by atoms with Crippen molar-refractivity contribution in [1.29, 1.82) is 0 Å². The highest BCUT2D eigenvalue weighted by atomic mass is 79.9. The summed E-state index contributed by atoms with van der Waals surface area (Å²) in [6.07, 6.45) is 2.04. The molecule has 1 rings (SSSR count). The van der Waals surface area contributed by atoms with Crippen LogP contribution in [-0.2, 0) is 0 Å². The molecule has 0 bridgehead atoms. The van der Waals surface area contributed by atoms with Gasteiger partial charge in [-0.2, -0.15) is 0 Å². The summed E-state index contributed by atoms with van der Waals surface area (Å²) < 4.78 is 1.73. The highest BCUT2D eigenvalue weighted by Gasteiger charge is 2.01. The van der Waals surface area contributed by atoms with Gasteiger partial charge in [0.25, 0.3) is 0 Å². The lowest BCUT2D eigenvalue weighted by Crippen LogP contribution is -1.73. The lowest BCUT2D eigenvalue weighted by molar-refractivity contribution is 1.44. The zero-order chi connectivity index (χ0) is 9.14. The Bertz CT molecular complexity index is 285. The van der Waals surface area contributed by atoms with Crippen molar-refractivity contribution in [2.75, 3.05) is 5.88 Å². The standard InChI is InChI=1S/C8H7BrCl2S/c1-5(4-10)2-6-3-7(9)8(11)12-6/h2-3H,4H2,1H3. The average Bonchev–Trinajstić information content (AvgIpc) is 2.31. The van der Waals surface area contributed by atoms with Crippen LogP contribution in [0.4, 0.5) is 0 Å². The van der Waals surface area contributed by atoms with E-state index in [1.54, 1.807) is 11.3 Å². The largest absolute Gasteiger partial charge is 0.123 e. The van der Waals surface area contributed by atoms with E-state index < -0.39 is 0 Å². The van der Waals surface area contributed by atoms with Crippen molar-refractivity contribution < 1.29 is 0 Å². The van der Waals surface area contributed by atoms with Gasteiger partial charge in [0.15, 0.2) is 0 Å². The molecule has 0 unspecified atom stereocenters. The third-order valence-electron chi connectivity index (χ3n) is 1.26. The maximum Gasteiger partial charge on any atom is 0.108 e. The number of rotatable bonds is 2. The maximum absolute atomic E-state index is 5.87. The minimum Gasteiger partial charge on any atom is -0.123 e. The molecule has 0 saturated heterocycles. The van der Waals surface area contributed by atoms with Gasteiger partial charge in [-0.05, 0) is 35.0 Å². The van der Waals surface area contributed by atoms with E-state index >= 15 is 0 Å². The zero-order valence-electron chi connectivity index (χ0n) is 6.40. The lowest BCUT2D eigenvalue weighted by Gasteiger charge is -1.89. The fourth-order valence-electron chi connectivity index (χ4n) is 0.716. The molecule has 0 atom stereocenters. The Balaban J connectivity index is 2.90. The first kappa shape index (κ1) is 10.6. The minimum atomic E-state index is 0.563. The first-order valence-electron chi connectivity index (χ1n) is 3.31. The Hall–Kier alpha value is 0.500. The van der Waals surface area contributed by atoms with Crippen LogP contribution in [0, 0.1) is 0 Å². The first-order chi connectivity index (χ1) is 5.63. The van der Waals surface area contributed by atoms with Crippen LogP contribution >= 0.6 is 50.5 Å². The van der Waals surface area contributed by atoms with Crippen LogP contribution in [-0.4, -0.2) is 5.88 Å². The topological polar surface area (TPSA) is 0 Å². The summed E-state index contributed by atoms with van der Waals surface area (Å²) in [7, 11) is 0. The summed E-state index contributed by atoms with van der Waals surface area (Å²) >= 11 is 16.4.